The molecule has 1 heterocycles. The van der Waals surface area contributed by atoms with Crippen LogP contribution in [0.5, 0.6) is 0 Å². The number of carbonyl (C=O) groups excluding carboxylic acids is 1. The normalized spacial score (nSPS) is 12.2. The van der Waals surface area contributed by atoms with Crippen LogP contribution in [0.15, 0.2) is 30.5 Å². The molecule has 0 bridgehead atoms. The van der Waals surface area contributed by atoms with Crippen molar-refractivity contribution in [2.75, 3.05) is 0 Å². The SMILES string of the molecule is CC[C@H](NC(=O)CCc1c[nH]c2ccccc12)C(=O)O. The number of amides is 1. The van der Waals surface area contributed by atoms with Gasteiger partial charge in [0.25, 0.3) is 0 Å². The van der Waals surface area contributed by atoms with Gasteiger partial charge in [-0.15, -0.1) is 0 Å². The average molecular weight is 274 g/mol. The molecular formula is C15H18N2O3. The van der Waals surface area contributed by atoms with Crippen molar-refractivity contribution in [2.24, 2.45) is 0 Å². The van der Waals surface area contributed by atoms with Crippen molar-refractivity contribution in [3.63, 3.8) is 0 Å². The van der Waals surface area contributed by atoms with E-state index in [1.165, 1.54) is 0 Å². The number of hydrogen-bond donors (Lipinski definition) is 3. The standard InChI is InChI=1S/C15H18N2O3/c1-2-12(15(19)20)17-14(18)8-7-10-9-16-13-6-4-3-5-11(10)13/h3-6,9,12,16H,2,7-8H2,1H3,(H,17,18)(H,19,20)/t12-/m0/s1. The van der Waals surface area contributed by atoms with Crippen molar-refractivity contribution in [1.29, 1.82) is 0 Å². The van der Waals surface area contributed by atoms with Gasteiger partial charge in [-0.2, -0.15) is 0 Å². The molecule has 5 heteroatoms. The predicted octanol–water partition coefficient (Wildman–Crippen LogP) is 2.08. The fraction of sp³-hybridized carbons (Fsp3) is 0.333. The highest BCUT2D eigenvalue weighted by Crippen LogP contribution is 2.18. The summed E-state index contributed by atoms with van der Waals surface area (Å²) in [7, 11) is 0. The number of fused-ring (bicyclic) bond motifs is 1. The minimum atomic E-state index is -0.993. The van der Waals surface area contributed by atoms with Crippen LogP contribution < -0.4 is 5.32 Å². The second kappa shape index (κ2) is 6.23. The molecule has 3 N–H and O–H groups in total. The molecule has 2 rings (SSSR count). The van der Waals surface area contributed by atoms with Crippen molar-refractivity contribution in [2.45, 2.75) is 32.2 Å². The van der Waals surface area contributed by atoms with Crippen molar-refractivity contribution in [3.05, 3.63) is 36.0 Å². The zero-order valence-corrected chi connectivity index (χ0v) is 11.3. The third-order valence-electron chi connectivity index (χ3n) is 3.34. The second-order valence-electron chi connectivity index (χ2n) is 4.73. The Morgan fingerprint density at radius 2 is 2.10 bits per heavy atom. The summed E-state index contributed by atoms with van der Waals surface area (Å²) in [5.41, 5.74) is 2.11. The highest BCUT2D eigenvalue weighted by Gasteiger charge is 2.17. The molecule has 0 unspecified atom stereocenters. The van der Waals surface area contributed by atoms with E-state index in [0.29, 0.717) is 12.8 Å². The number of carbonyl (C=O) groups is 2. The molecule has 1 aromatic heterocycles. The number of nitrogens with one attached hydrogen (secondary N) is 2. The maximum atomic E-state index is 11.8. The van der Waals surface area contributed by atoms with Crippen LogP contribution in [0.2, 0.25) is 0 Å². The van der Waals surface area contributed by atoms with E-state index in [1.807, 2.05) is 30.5 Å². The lowest BCUT2D eigenvalue weighted by molar-refractivity contribution is -0.141. The third kappa shape index (κ3) is 3.17. The van der Waals surface area contributed by atoms with Gasteiger partial charge in [-0.05, 0) is 24.5 Å². The molecule has 5 nitrogen and oxygen atoms in total. The molecule has 0 spiro atoms. The van der Waals surface area contributed by atoms with Crippen molar-refractivity contribution < 1.29 is 14.7 Å². The van der Waals surface area contributed by atoms with E-state index in [1.54, 1.807) is 6.92 Å². The lowest BCUT2D eigenvalue weighted by Crippen LogP contribution is -2.40. The minimum Gasteiger partial charge on any atom is -0.480 e. The monoisotopic (exact) mass is 274 g/mol. The van der Waals surface area contributed by atoms with Crippen LogP contribution in [-0.2, 0) is 16.0 Å². The number of rotatable bonds is 6. The first-order chi connectivity index (χ1) is 9.61. The molecule has 0 aliphatic rings. The molecule has 0 radical (unpaired) electrons. The maximum absolute atomic E-state index is 11.8. The van der Waals surface area contributed by atoms with E-state index >= 15 is 0 Å². The van der Waals surface area contributed by atoms with E-state index in [-0.39, 0.29) is 12.3 Å². The van der Waals surface area contributed by atoms with Gasteiger partial charge in [-0.25, -0.2) is 4.79 Å². The summed E-state index contributed by atoms with van der Waals surface area (Å²) in [5, 5.41) is 12.5. The van der Waals surface area contributed by atoms with Crippen LogP contribution in [-0.4, -0.2) is 28.0 Å². The summed E-state index contributed by atoms with van der Waals surface area (Å²) >= 11 is 0. The molecule has 0 saturated heterocycles. The summed E-state index contributed by atoms with van der Waals surface area (Å²) in [4.78, 5) is 25.8. The van der Waals surface area contributed by atoms with Crippen molar-refractivity contribution in [1.82, 2.24) is 10.3 Å². The summed E-state index contributed by atoms with van der Waals surface area (Å²) in [5.74, 6) is -1.22. The Labute approximate surface area is 117 Å². The number of carboxylic acid groups (broad SMARTS) is 1. The lowest BCUT2D eigenvalue weighted by atomic mass is 10.1. The van der Waals surface area contributed by atoms with Gasteiger partial charge in [0.1, 0.15) is 6.04 Å². The Morgan fingerprint density at radius 1 is 1.35 bits per heavy atom. The molecule has 106 valence electrons. The molecule has 0 aliphatic heterocycles. The molecule has 0 saturated carbocycles. The molecular weight excluding hydrogens is 256 g/mol. The molecule has 1 atom stereocenters. The third-order valence-corrected chi connectivity index (χ3v) is 3.34. The van der Waals surface area contributed by atoms with Gasteiger partial charge in [0.2, 0.25) is 5.91 Å². The zero-order chi connectivity index (χ0) is 14.5. The van der Waals surface area contributed by atoms with Crippen LogP contribution in [0.3, 0.4) is 0 Å². The summed E-state index contributed by atoms with van der Waals surface area (Å²) < 4.78 is 0. The number of aryl methyl sites for hydroxylation is 1. The van der Waals surface area contributed by atoms with E-state index < -0.39 is 12.0 Å². The van der Waals surface area contributed by atoms with Gasteiger partial charge < -0.3 is 15.4 Å². The minimum absolute atomic E-state index is 0.232. The fourth-order valence-corrected chi connectivity index (χ4v) is 2.19. The van der Waals surface area contributed by atoms with E-state index in [0.717, 1.165) is 16.5 Å². The van der Waals surface area contributed by atoms with Gasteiger partial charge in [0, 0.05) is 23.5 Å². The zero-order valence-electron chi connectivity index (χ0n) is 11.3. The van der Waals surface area contributed by atoms with Gasteiger partial charge >= 0.3 is 5.97 Å². The van der Waals surface area contributed by atoms with Crippen LogP contribution in [0.1, 0.15) is 25.3 Å². The van der Waals surface area contributed by atoms with Crippen LogP contribution in [0.4, 0.5) is 0 Å². The van der Waals surface area contributed by atoms with Crippen LogP contribution >= 0.6 is 0 Å². The number of hydrogen-bond acceptors (Lipinski definition) is 2. The number of H-pyrrole nitrogens is 1. The molecule has 20 heavy (non-hydrogen) atoms. The van der Waals surface area contributed by atoms with Crippen molar-refractivity contribution in [3.8, 4) is 0 Å². The predicted molar refractivity (Wildman–Crippen MR) is 76.5 cm³/mol. The quantitative estimate of drug-likeness (QED) is 0.754. The summed E-state index contributed by atoms with van der Waals surface area (Å²) in [6.45, 7) is 1.73. The second-order valence-corrected chi connectivity index (χ2v) is 4.73. The van der Waals surface area contributed by atoms with Crippen LogP contribution in [0.25, 0.3) is 10.9 Å². The molecule has 1 amide bonds. The summed E-state index contributed by atoms with van der Waals surface area (Å²) in [6.07, 6.45) is 3.15. The first-order valence-corrected chi connectivity index (χ1v) is 6.69. The number of para-hydroxylation sites is 1. The van der Waals surface area contributed by atoms with Gasteiger partial charge in [0.15, 0.2) is 0 Å². The molecule has 1 aromatic carbocycles. The van der Waals surface area contributed by atoms with E-state index in [9.17, 15) is 9.59 Å². The Morgan fingerprint density at radius 3 is 2.80 bits per heavy atom. The van der Waals surface area contributed by atoms with E-state index in [4.69, 9.17) is 5.11 Å². The Bertz CT molecular complexity index is 618. The summed E-state index contributed by atoms with van der Waals surface area (Å²) in [6, 6.07) is 7.10. The Kier molecular flexibility index (Phi) is 4.40. The van der Waals surface area contributed by atoms with Gasteiger partial charge in [-0.1, -0.05) is 25.1 Å². The highest BCUT2D eigenvalue weighted by molar-refractivity contribution is 5.85. The van der Waals surface area contributed by atoms with Gasteiger partial charge in [0.05, 0.1) is 0 Å². The van der Waals surface area contributed by atoms with Crippen LogP contribution in [0, 0.1) is 0 Å². The number of benzene rings is 1. The molecule has 2 aromatic rings. The smallest absolute Gasteiger partial charge is 0.326 e. The van der Waals surface area contributed by atoms with Gasteiger partial charge in [-0.3, -0.25) is 4.79 Å². The number of aliphatic carboxylic acids is 1. The molecule has 0 fully saturated rings. The Balaban J connectivity index is 1.95. The highest BCUT2D eigenvalue weighted by atomic mass is 16.4. The van der Waals surface area contributed by atoms with E-state index in [2.05, 4.69) is 10.3 Å². The first-order valence-electron chi connectivity index (χ1n) is 6.69. The number of carboxylic acids is 1. The lowest BCUT2D eigenvalue weighted by Gasteiger charge is -2.11. The largest absolute Gasteiger partial charge is 0.480 e. The number of aromatic amines is 1. The Hall–Kier alpha value is -2.30. The fourth-order valence-electron chi connectivity index (χ4n) is 2.19. The maximum Gasteiger partial charge on any atom is 0.326 e. The average Bonchev–Trinajstić information content (AvgIpc) is 2.85. The molecule has 0 aliphatic carbocycles. The number of aromatic nitrogens is 1. The topological polar surface area (TPSA) is 82.2 Å². The van der Waals surface area contributed by atoms with Crippen molar-refractivity contribution >= 4 is 22.8 Å². The first kappa shape index (κ1) is 14.1.